The second kappa shape index (κ2) is 4.61. The number of nitrogens with zero attached hydrogens (tertiary/aromatic N) is 2. The first-order valence-electron chi connectivity index (χ1n) is 5.58. The van der Waals surface area contributed by atoms with Gasteiger partial charge in [-0.15, -0.1) is 0 Å². The smallest absolute Gasteiger partial charge is 0.0642 e. The van der Waals surface area contributed by atoms with Crippen molar-refractivity contribution in [3.63, 3.8) is 0 Å². The van der Waals surface area contributed by atoms with E-state index in [-0.39, 0.29) is 0 Å². The van der Waals surface area contributed by atoms with Crippen LogP contribution in [0.25, 0.3) is 0 Å². The van der Waals surface area contributed by atoms with Gasteiger partial charge in [0.2, 0.25) is 0 Å². The maximum absolute atomic E-state index is 6.08. The molecule has 1 aliphatic rings. The lowest BCUT2D eigenvalue weighted by atomic mass is 10.2. The summed E-state index contributed by atoms with van der Waals surface area (Å²) in [6.45, 7) is 3.42. The fraction of sp³-hybridized carbons (Fsp3) is 0.500. The molecule has 1 fully saturated rings. The highest BCUT2D eigenvalue weighted by atomic mass is 16.5. The predicted molar refractivity (Wildman–Crippen MR) is 68.2 cm³/mol. The van der Waals surface area contributed by atoms with Crippen LogP contribution in [0.3, 0.4) is 0 Å². The summed E-state index contributed by atoms with van der Waals surface area (Å²) in [5, 5.41) is 0. The summed E-state index contributed by atoms with van der Waals surface area (Å²) >= 11 is 0. The van der Waals surface area contributed by atoms with Gasteiger partial charge in [-0.1, -0.05) is 0 Å². The van der Waals surface area contributed by atoms with Crippen molar-refractivity contribution in [3.8, 4) is 0 Å². The molecule has 0 unspecified atom stereocenters. The average molecular weight is 221 g/mol. The van der Waals surface area contributed by atoms with Crippen LogP contribution in [-0.2, 0) is 4.74 Å². The van der Waals surface area contributed by atoms with Crippen LogP contribution < -0.4 is 15.5 Å². The highest BCUT2D eigenvalue weighted by Gasteiger charge is 2.13. The Labute approximate surface area is 96.6 Å². The molecule has 1 saturated heterocycles. The number of nitrogen functional groups attached to an aromatic ring is 1. The van der Waals surface area contributed by atoms with E-state index >= 15 is 0 Å². The molecule has 0 amide bonds. The van der Waals surface area contributed by atoms with Crippen LogP contribution in [0.4, 0.5) is 17.1 Å². The SMILES string of the molecule is CN(C)c1ccc(N2CCOCC2)c(N)c1. The largest absolute Gasteiger partial charge is 0.397 e. The molecule has 0 bridgehead atoms. The Bertz CT molecular complexity index is 359. The van der Waals surface area contributed by atoms with Crippen LogP contribution in [0.5, 0.6) is 0 Å². The van der Waals surface area contributed by atoms with Crippen LogP contribution in [-0.4, -0.2) is 40.4 Å². The zero-order valence-electron chi connectivity index (χ0n) is 9.94. The Morgan fingerprint density at radius 1 is 1.25 bits per heavy atom. The normalized spacial score (nSPS) is 16.2. The second-order valence-corrected chi connectivity index (χ2v) is 4.24. The minimum atomic E-state index is 0.787. The zero-order valence-corrected chi connectivity index (χ0v) is 9.94. The van der Waals surface area contributed by atoms with Gasteiger partial charge < -0.3 is 20.3 Å². The molecule has 2 N–H and O–H groups in total. The van der Waals surface area contributed by atoms with Crippen LogP contribution in [0.1, 0.15) is 0 Å². The van der Waals surface area contributed by atoms with E-state index in [1.807, 2.05) is 20.2 Å². The van der Waals surface area contributed by atoms with Gasteiger partial charge in [-0.25, -0.2) is 0 Å². The van der Waals surface area contributed by atoms with Gasteiger partial charge in [0, 0.05) is 32.9 Å². The number of anilines is 3. The third kappa shape index (κ3) is 2.22. The molecule has 0 saturated carbocycles. The van der Waals surface area contributed by atoms with E-state index in [4.69, 9.17) is 10.5 Å². The van der Waals surface area contributed by atoms with Crippen molar-refractivity contribution >= 4 is 17.1 Å². The first kappa shape index (κ1) is 11.1. The zero-order chi connectivity index (χ0) is 11.5. The van der Waals surface area contributed by atoms with E-state index < -0.39 is 0 Å². The molecule has 1 heterocycles. The van der Waals surface area contributed by atoms with E-state index in [2.05, 4.69) is 21.9 Å². The van der Waals surface area contributed by atoms with E-state index in [0.717, 1.165) is 43.4 Å². The minimum Gasteiger partial charge on any atom is -0.397 e. The van der Waals surface area contributed by atoms with Crippen LogP contribution in [0.15, 0.2) is 18.2 Å². The Morgan fingerprint density at radius 2 is 1.94 bits per heavy atom. The lowest BCUT2D eigenvalue weighted by Crippen LogP contribution is -2.36. The Balaban J connectivity index is 2.21. The third-order valence-electron chi connectivity index (χ3n) is 2.88. The summed E-state index contributed by atoms with van der Waals surface area (Å²) in [7, 11) is 4.03. The molecule has 4 heteroatoms. The van der Waals surface area contributed by atoms with Gasteiger partial charge in [0.25, 0.3) is 0 Å². The highest BCUT2D eigenvalue weighted by Crippen LogP contribution is 2.28. The van der Waals surface area contributed by atoms with Gasteiger partial charge in [-0.05, 0) is 18.2 Å². The Morgan fingerprint density at radius 3 is 2.50 bits per heavy atom. The first-order chi connectivity index (χ1) is 7.68. The topological polar surface area (TPSA) is 41.7 Å². The van der Waals surface area contributed by atoms with Crippen molar-refractivity contribution in [1.29, 1.82) is 0 Å². The average Bonchev–Trinajstić information content (AvgIpc) is 2.30. The molecule has 0 aliphatic carbocycles. The molecule has 0 aromatic heterocycles. The standard InChI is InChI=1S/C12H19N3O/c1-14(2)10-3-4-12(11(13)9-10)15-5-7-16-8-6-15/h3-4,9H,5-8,13H2,1-2H3. The third-order valence-corrected chi connectivity index (χ3v) is 2.88. The number of benzene rings is 1. The maximum Gasteiger partial charge on any atom is 0.0642 e. The molecule has 2 rings (SSSR count). The van der Waals surface area contributed by atoms with E-state index in [0.29, 0.717) is 0 Å². The summed E-state index contributed by atoms with van der Waals surface area (Å²) in [6.07, 6.45) is 0. The predicted octanol–water partition coefficient (Wildman–Crippen LogP) is 1.17. The van der Waals surface area contributed by atoms with Gasteiger partial charge in [0.1, 0.15) is 0 Å². The number of rotatable bonds is 2. The van der Waals surface area contributed by atoms with Crippen LogP contribution >= 0.6 is 0 Å². The number of ether oxygens (including phenoxy) is 1. The molecule has 1 aromatic carbocycles. The van der Waals surface area contributed by atoms with E-state index in [1.54, 1.807) is 0 Å². The van der Waals surface area contributed by atoms with E-state index in [1.165, 1.54) is 0 Å². The fourth-order valence-corrected chi connectivity index (χ4v) is 1.91. The number of hydrogen-bond acceptors (Lipinski definition) is 4. The molecule has 88 valence electrons. The lowest BCUT2D eigenvalue weighted by molar-refractivity contribution is 0.123. The molecule has 0 radical (unpaired) electrons. The molecular formula is C12H19N3O. The van der Waals surface area contributed by atoms with Gasteiger partial charge in [0.05, 0.1) is 24.6 Å². The molecule has 1 aliphatic heterocycles. The molecule has 0 atom stereocenters. The van der Waals surface area contributed by atoms with Gasteiger partial charge in [0.15, 0.2) is 0 Å². The minimum absolute atomic E-state index is 0.787. The number of morpholine rings is 1. The summed E-state index contributed by atoms with van der Waals surface area (Å²) in [6, 6.07) is 6.21. The van der Waals surface area contributed by atoms with Crippen molar-refractivity contribution in [1.82, 2.24) is 0 Å². The van der Waals surface area contributed by atoms with Crippen molar-refractivity contribution in [3.05, 3.63) is 18.2 Å². The van der Waals surface area contributed by atoms with Crippen LogP contribution in [0, 0.1) is 0 Å². The molecular weight excluding hydrogens is 202 g/mol. The van der Waals surface area contributed by atoms with Crippen molar-refractivity contribution in [2.75, 3.05) is 55.9 Å². The molecule has 0 spiro atoms. The van der Waals surface area contributed by atoms with Crippen LogP contribution in [0.2, 0.25) is 0 Å². The number of nitrogens with two attached hydrogens (primary N) is 1. The monoisotopic (exact) mass is 221 g/mol. The molecule has 16 heavy (non-hydrogen) atoms. The summed E-state index contributed by atoms with van der Waals surface area (Å²) < 4.78 is 5.33. The first-order valence-corrected chi connectivity index (χ1v) is 5.58. The van der Waals surface area contributed by atoms with Crippen molar-refractivity contribution in [2.45, 2.75) is 0 Å². The lowest BCUT2D eigenvalue weighted by Gasteiger charge is -2.30. The van der Waals surface area contributed by atoms with Gasteiger partial charge in [-0.2, -0.15) is 0 Å². The van der Waals surface area contributed by atoms with E-state index in [9.17, 15) is 0 Å². The summed E-state index contributed by atoms with van der Waals surface area (Å²) in [5.74, 6) is 0. The quantitative estimate of drug-likeness (QED) is 0.761. The maximum atomic E-state index is 6.08. The molecule has 1 aromatic rings. The Kier molecular flexibility index (Phi) is 3.19. The van der Waals surface area contributed by atoms with Crippen molar-refractivity contribution in [2.24, 2.45) is 0 Å². The summed E-state index contributed by atoms with van der Waals surface area (Å²) in [5.41, 5.74) is 9.17. The molecule has 4 nitrogen and oxygen atoms in total. The van der Waals surface area contributed by atoms with Crippen molar-refractivity contribution < 1.29 is 4.74 Å². The Hall–Kier alpha value is -1.42. The summed E-state index contributed by atoms with van der Waals surface area (Å²) in [4.78, 5) is 4.33. The highest BCUT2D eigenvalue weighted by molar-refractivity contribution is 5.73. The fourth-order valence-electron chi connectivity index (χ4n) is 1.91. The number of hydrogen-bond donors (Lipinski definition) is 1. The van der Waals surface area contributed by atoms with Gasteiger partial charge in [-0.3, -0.25) is 0 Å². The second-order valence-electron chi connectivity index (χ2n) is 4.24. The van der Waals surface area contributed by atoms with Gasteiger partial charge >= 0.3 is 0 Å².